The van der Waals surface area contributed by atoms with Crippen molar-refractivity contribution in [2.75, 3.05) is 46.6 Å². The van der Waals surface area contributed by atoms with Gasteiger partial charge in [0.2, 0.25) is 6.79 Å². The molecule has 0 radical (unpaired) electrons. The van der Waals surface area contributed by atoms with Gasteiger partial charge in [-0.2, -0.15) is 0 Å². The van der Waals surface area contributed by atoms with Gasteiger partial charge in [-0.1, -0.05) is 13.8 Å². The quantitative estimate of drug-likeness (QED) is 0.593. The average molecular weight is 364 g/mol. The number of fused-ring (bicyclic) bond motifs is 1. The smallest absolute Gasteiger partial charge is 0.307 e. The Balaban J connectivity index is 2.03. The van der Waals surface area contributed by atoms with Crippen LogP contribution in [0.1, 0.15) is 37.0 Å². The van der Waals surface area contributed by atoms with Gasteiger partial charge in [0, 0.05) is 18.7 Å². The van der Waals surface area contributed by atoms with E-state index in [0.717, 1.165) is 26.1 Å². The van der Waals surface area contributed by atoms with E-state index in [4.69, 9.17) is 14.2 Å². The summed E-state index contributed by atoms with van der Waals surface area (Å²) in [5, 5.41) is 0. The molecule has 1 amide bonds. The lowest BCUT2D eigenvalue weighted by Crippen LogP contribution is -2.36. The molecule has 26 heavy (non-hydrogen) atoms. The lowest BCUT2D eigenvalue weighted by atomic mass is 10.1. The lowest BCUT2D eigenvalue weighted by molar-refractivity contribution is -0.140. The van der Waals surface area contributed by atoms with Crippen LogP contribution in [0.3, 0.4) is 0 Å². The minimum atomic E-state index is -0.322. The van der Waals surface area contributed by atoms with Crippen LogP contribution in [0.4, 0.5) is 0 Å². The molecule has 0 fully saturated rings. The van der Waals surface area contributed by atoms with Crippen LogP contribution in [0.15, 0.2) is 18.2 Å². The molecule has 0 aliphatic carbocycles. The molecule has 0 saturated heterocycles. The highest BCUT2D eigenvalue weighted by molar-refractivity contribution is 5.95. The number of ether oxygens (including phenoxy) is 3. The molecule has 2 rings (SSSR count). The highest BCUT2D eigenvalue weighted by Crippen LogP contribution is 2.32. The van der Waals surface area contributed by atoms with Gasteiger partial charge in [0.25, 0.3) is 5.91 Å². The molecule has 1 heterocycles. The Labute approximate surface area is 154 Å². The summed E-state index contributed by atoms with van der Waals surface area (Å²) in [5.74, 6) is 0.778. The fourth-order valence-corrected chi connectivity index (χ4v) is 2.88. The van der Waals surface area contributed by atoms with E-state index in [1.165, 1.54) is 7.11 Å². The molecule has 1 aromatic rings. The van der Waals surface area contributed by atoms with Crippen LogP contribution in [0.2, 0.25) is 0 Å². The second-order valence-corrected chi connectivity index (χ2v) is 6.07. The third-order valence-electron chi connectivity index (χ3n) is 4.52. The van der Waals surface area contributed by atoms with Crippen molar-refractivity contribution in [3.63, 3.8) is 0 Å². The molecule has 7 heteroatoms. The number of carbonyl (C=O) groups is 2. The monoisotopic (exact) mass is 364 g/mol. The van der Waals surface area contributed by atoms with Gasteiger partial charge < -0.3 is 24.0 Å². The van der Waals surface area contributed by atoms with Gasteiger partial charge in [-0.15, -0.1) is 0 Å². The molecular weight excluding hydrogens is 336 g/mol. The van der Waals surface area contributed by atoms with Crippen molar-refractivity contribution < 1.29 is 23.8 Å². The van der Waals surface area contributed by atoms with Crippen LogP contribution in [0.5, 0.6) is 11.5 Å². The molecular formula is C19H28N2O5. The summed E-state index contributed by atoms with van der Waals surface area (Å²) < 4.78 is 15.3. The molecule has 0 saturated carbocycles. The highest BCUT2D eigenvalue weighted by atomic mass is 16.7. The maximum Gasteiger partial charge on any atom is 0.307 e. The molecule has 1 aliphatic heterocycles. The standard InChI is InChI=1S/C19H28N2O5/c1-4-20(5-2)10-6-11-21(12-9-18(22)24-3)19(23)15-7-8-16-17(13-15)26-14-25-16/h7-8,13H,4-6,9-12,14H2,1-3H3. The molecule has 0 atom stereocenters. The van der Waals surface area contributed by atoms with Crippen molar-refractivity contribution in [2.24, 2.45) is 0 Å². The van der Waals surface area contributed by atoms with E-state index in [2.05, 4.69) is 18.7 Å². The summed E-state index contributed by atoms with van der Waals surface area (Å²) in [4.78, 5) is 28.4. The SMILES string of the molecule is CCN(CC)CCCN(CCC(=O)OC)C(=O)c1ccc2c(c1)OCO2. The zero-order valence-corrected chi connectivity index (χ0v) is 15.8. The van der Waals surface area contributed by atoms with E-state index >= 15 is 0 Å². The third-order valence-corrected chi connectivity index (χ3v) is 4.52. The van der Waals surface area contributed by atoms with Crippen LogP contribution >= 0.6 is 0 Å². The molecule has 1 aliphatic rings. The Morgan fingerprint density at radius 1 is 1.08 bits per heavy atom. The number of hydrogen-bond donors (Lipinski definition) is 0. The van der Waals surface area contributed by atoms with Gasteiger partial charge in [-0.25, -0.2) is 0 Å². The Bertz CT molecular complexity index is 616. The number of hydrogen-bond acceptors (Lipinski definition) is 6. The number of esters is 1. The fourth-order valence-electron chi connectivity index (χ4n) is 2.88. The largest absolute Gasteiger partial charge is 0.469 e. The summed E-state index contributed by atoms with van der Waals surface area (Å²) in [6, 6.07) is 5.16. The number of rotatable bonds is 10. The molecule has 0 aromatic heterocycles. The average Bonchev–Trinajstić information content (AvgIpc) is 3.14. The number of methoxy groups -OCH3 is 1. The van der Waals surface area contributed by atoms with Crippen molar-refractivity contribution in [1.29, 1.82) is 0 Å². The minimum absolute atomic E-state index is 0.119. The van der Waals surface area contributed by atoms with Crippen LogP contribution in [-0.2, 0) is 9.53 Å². The van der Waals surface area contributed by atoms with Crippen LogP contribution < -0.4 is 9.47 Å². The molecule has 0 bridgehead atoms. The van der Waals surface area contributed by atoms with Crippen molar-refractivity contribution >= 4 is 11.9 Å². The number of benzene rings is 1. The number of nitrogens with zero attached hydrogens (tertiary/aromatic N) is 2. The zero-order chi connectivity index (χ0) is 18.9. The van der Waals surface area contributed by atoms with Crippen molar-refractivity contribution in [2.45, 2.75) is 26.7 Å². The maximum absolute atomic E-state index is 12.9. The van der Waals surface area contributed by atoms with E-state index < -0.39 is 0 Å². The first-order valence-corrected chi connectivity index (χ1v) is 9.07. The summed E-state index contributed by atoms with van der Waals surface area (Å²) in [6.45, 7) is 8.20. The van der Waals surface area contributed by atoms with E-state index in [1.54, 1.807) is 23.1 Å². The van der Waals surface area contributed by atoms with Gasteiger partial charge in [-0.3, -0.25) is 9.59 Å². The second kappa shape index (κ2) is 10.0. The third kappa shape index (κ3) is 5.36. The summed E-state index contributed by atoms with van der Waals surface area (Å²) in [5.41, 5.74) is 0.530. The first kappa shape index (κ1) is 20.0. The van der Waals surface area contributed by atoms with Crippen molar-refractivity contribution in [3.05, 3.63) is 23.8 Å². The molecule has 0 N–H and O–H groups in total. The van der Waals surface area contributed by atoms with Gasteiger partial charge >= 0.3 is 5.97 Å². The Hall–Kier alpha value is -2.28. The molecule has 0 unspecified atom stereocenters. The molecule has 7 nitrogen and oxygen atoms in total. The van der Waals surface area contributed by atoms with E-state index in [1.807, 2.05) is 0 Å². The van der Waals surface area contributed by atoms with Crippen molar-refractivity contribution in [3.8, 4) is 11.5 Å². The summed E-state index contributed by atoms with van der Waals surface area (Å²) >= 11 is 0. The summed E-state index contributed by atoms with van der Waals surface area (Å²) in [6.07, 6.45) is 1.03. The van der Waals surface area contributed by atoms with Gasteiger partial charge in [0.1, 0.15) is 0 Å². The van der Waals surface area contributed by atoms with E-state index in [0.29, 0.717) is 30.2 Å². The number of amides is 1. The van der Waals surface area contributed by atoms with Crippen LogP contribution in [0, 0.1) is 0 Å². The highest BCUT2D eigenvalue weighted by Gasteiger charge is 2.21. The van der Waals surface area contributed by atoms with Gasteiger partial charge in [-0.05, 0) is 44.3 Å². The van der Waals surface area contributed by atoms with Gasteiger partial charge in [0.15, 0.2) is 11.5 Å². The van der Waals surface area contributed by atoms with Crippen LogP contribution in [0.25, 0.3) is 0 Å². The van der Waals surface area contributed by atoms with Crippen LogP contribution in [-0.4, -0.2) is 68.3 Å². The molecule has 144 valence electrons. The predicted molar refractivity (Wildman–Crippen MR) is 97.5 cm³/mol. The fraction of sp³-hybridized carbons (Fsp3) is 0.579. The predicted octanol–water partition coefficient (Wildman–Crippen LogP) is 2.15. The molecule has 1 aromatic carbocycles. The van der Waals surface area contributed by atoms with E-state index in [9.17, 15) is 9.59 Å². The van der Waals surface area contributed by atoms with Gasteiger partial charge in [0.05, 0.1) is 13.5 Å². The Morgan fingerprint density at radius 2 is 1.81 bits per heavy atom. The summed E-state index contributed by atoms with van der Waals surface area (Å²) in [7, 11) is 1.35. The Kier molecular flexibility index (Phi) is 7.72. The first-order valence-electron chi connectivity index (χ1n) is 9.07. The van der Waals surface area contributed by atoms with E-state index in [-0.39, 0.29) is 25.1 Å². The zero-order valence-electron chi connectivity index (χ0n) is 15.8. The normalized spacial score (nSPS) is 12.3. The van der Waals surface area contributed by atoms with Crippen molar-refractivity contribution in [1.82, 2.24) is 9.80 Å². The topological polar surface area (TPSA) is 68.3 Å². The minimum Gasteiger partial charge on any atom is -0.469 e. The molecule has 0 spiro atoms. The first-order chi connectivity index (χ1) is 12.6. The Morgan fingerprint density at radius 3 is 2.50 bits per heavy atom. The second-order valence-electron chi connectivity index (χ2n) is 6.07. The lowest BCUT2D eigenvalue weighted by Gasteiger charge is -2.24. The number of carbonyl (C=O) groups excluding carboxylic acids is 2. The maximum atomic E-state index is 12.9.